The van der Waals surface area contributed by atoms with E-state index in [1.54, 1.807) is 0 Å². The minimum absolute atomic E-state index is 0.227. The molecular formula is C10H14N6O13P2. The molecule has 21 heteroatoms. The van der Waals surface area contributed by atoms with Crippen molar-refractivity contribution in [3.63, 3.8) is 0 Å². The zero-order valence-electron chi connectivity index (χ0n) is 14.7. The van der Waals surface area contributed by atoms with Gasteiger partial charge in [0, 0.05) is 0 Å². The number of H-pyrrole nitrogens is 1. The molecule has 0 saturated carbocycles. The first-order valence-corrected chi connectivity index (χ1v) is 10.9. The second-order valence-electron chi connectivity index (χ2n) is 6.07. The highest BCUT2D eigenvalue weighted by Gasteiger charge is 2.55. The van der Waals surface area contributed by atoms with E-state index in [4.69, 9.17) is 20.3 Å². The number of imidazole rings is 1. The van der Waals surface area contributed by atoms with Gasteiger partial charge in [0.05, 0.1) is 11.3 Å². The number of phosphoric ester groups is 1. The van der Waals surface area contributed by atoms with Gasteiger partial charge in [0.1, 0.15) is 12.2 Å². The number of nitrogens with zero attached hydrogens (tertiary/aromatic N) is 4. The fourth-order valence-electron chi connectivity index (χ4n) is 2.79. The van der Waals surface area contributed by atoms with Gasteiger partial charge in [0.15, 0.2) is 23.5 Å². The first-order chi connectivity index (χ1) is 14.2. The van der Waals surface area contributed by atoms with E-state index in [2.05, 4.69) is 23.8 Å². The lowest BCUT2D eigenvalue weighted by Crippen LogP contribution is -2.43. The normalized spacial score (nSPS) is 27.3. The van der Waals surface area contributed by atoms with Crippen molar-refractivity contribution in [3.05, 3.63) is 26.8 Å². The Morgan fingerprint density at radius 3 is 2.55 bits per heavy atom. The molecule has 0 spiro atoms. The van der Waals surface area contributed by atoms with Gasteiger partial charge in [-0.05, 0) is 0 Å². The average molecular weight is 488 g/mol. The number of aromatic amines is 1. The van der Waals surface area contributed by atoms with Crippen LogP contribution in [0.4, 0.5) is 5.95 Å². The Hall–Kier alpha value is -2.31. The van der Waals surface area contributed by atoms with Crippen LogP contribution >= 0.6 is 15.6 Å². The smallest absolute Gasteiger partial charge is 0.387 e. The molecule has 1 aliphatic heterocycles. The van der Waals surface area contributed by atoms with Crippen molar-refractivity contribution in [2.45, 2.75) is 30.8 Å². The van der Waals surface area contributed by atoms with Gasteiger partial charge in [0.2, 0.25) is 5.95 Å². The number of aromatic nitrogens is 4. The molecule has 1 aliphatic rings. The molecule has 172 valence electrons. The Morgan fingerprint density at radius 1 is 1.32 bits per heavy atom. The number of ether oxygens (including phenoxy) is 1. The predicted molar refractivity (Wildman–Crippen MR) is 93.3 cm³/mol. The van der Waals surface area contributed by atoms with Crippen molar-refractivity contribution < 1.29 is 52.5 Å². The predicted octanol–water partition coefficient (Wildman–Crippen LogP) is -2.85. The Labute approximate surface area is 169 Å². The number of nitrogen functional groups attached to an aromatic ring is 1. The van der Waals surface area contributed by atoms with E-state index in [1.165, 1.54) is 0 Å². The number of rotatable bonds is 7. The molecule has 0 bridgehead atoms. The Balaban J connectivity index is 1.93. The average Bonchev–Trinajstić information content (AvgIpc) is 3.13. The molecule has 0 radical (unpaired) electrons. The van der Waals surface area contributed by atoms with Gasteiger partial charge in [-0.25, -0.2) is 18.6 Å². The molecule has 0 amide bonds. The second-order valence-corrected chi connectivity index (χ2v) is 8.85. The van der Waals surface area contributed by atoms with Crippen molar-refractivity contribution in [2.75, 3.05) is 5.73 Å². The number of hydrogen-bond donors (Lipinski definition) is 7. The SMILES string of the molecule is Nc1nc2c(ncn2[C@@H]2O[C@H](C(OP(=O)(O)OP(=O)(O)O)[N+](=O)[O-])[C@@H](O)[C@H]2O)c(=O)[nH]1. The summed E-state index contributed by atoms with van der Waals surface area (Å²) in [7, 11) is -11.3. The number of nitro groups is 1. The molecule has 1 fully saturated rings. The highest BCUT2D eigenvalue weighted by molar-refractivity contribution is 7.60. The van der Waals surface area contributed by atoms with Crippen molar-refractivity contribution in [2.24, 2.45) is 0 Å². The summed E-state index contributed by atoms with van der Waals surface area (Å²) in [6.07, 6.45) is -9.64. The van der Waals surface area contributed by atoms with E-state index in [0.29, 0.717) is 0 Å². The lowest BCUT2D eigenvalue weighted by molar-refractivity contribution is -0.579. The molecule has 6 atom stereocenters. The number of aliphatic hydroxyl groups is 2. The second kappa shape index (κ2) is 7.99. The number of nitrogens with one attached hydrogen (secondary N) is 1. The minimum atomic E-state index is -5.73. The quantitative estimate of drug-likeness (QED) is 0.0892. The molecular weight excluding hydrogens is 474 g/mol. The Morgan fingerprint density at radius 2 is 1.97 bits per heavy atom. The molecule has 2 unspecified atom stereocenters. The largest absolute Gasteiger partial charge is 0.486 e. The Bertz CT molecular complexity index is 1160. The number of fused-ring (bicyclic) bond motifs is 1. The van der Waals surface area contributed by atoms with Crippen LogP contribution in [0.1, 0.15) is 6.23 Å². The van der Waals surface area contributed by atoms with Gasteiger partial charge in [-0.3, -0.25) is 24.5 Å². The summed E-state index contributed by atoms with van der Waals surface area (Å²) >= 11 is 0. The maximum absolute atomic E-state index is 11.9. The number of aliphatic hydroxyl groups excluding tert-OH is 2. The number of hydrogen-bond acceptors (Lipinski definition) is 13. The summed E-state index contributed by atoms with van der Waals surface area (Å²) in [5, 5.41) is 31.8. The van der Waals surface area contributed by atoms with Crippen molar-refractivity contribution in [1.82, 2.24) is 19.5 Å². The first-order valence-electron chi connectivity index (χ1n) is 7.85. The van der Waals surface area contributed by atoms with E-state index >= 15 is 0 Å². The van der Waals surface area contributed by atoms with Crippen LogP contribution < -0.4 is 11.3 Å². The van der Waals surface area contributed by atoms with E-state index in [9.17, 15) is 39.1 Å². The molecule has 0 aromatic carbocycles. The summed E-state index contributed by atoms with van der Waals surface area (Å²) in [6.45, 7) is 0. The van der Waals surface area contributed by atoms with Crippen LogP contribution in [0.5, 0.6) is 0 Å². The fourth-order valence-corrected chi connectivity index (χ4v) is 4.49. The van der Waals surface area contributed by atoms with Gasteiger partial charge in [-0.15, -0.1) is 0 Å². The maximum atomic E-state index is 11.9. The number of phosphoric acid groups is 2. The molecule has 8 N–H and O–H groups in total. The summed E-state index contributed by atoms with van der Waals surface area (Å²) in [4.78, 5) is 58.1. The van der Waals surface area contributed by atoms with Gasteiger partial charge in [0.25, 0.3) is 5.56 Å². The van der Waals surface area contributed by atoms with E-state index in [1.807, 2.05) is 0 Å². The van der Waals surface area contributed by atoms with Crippen LogP contribution in [0.15, 0.2) is 11.1 Å². The van der Waals surface area contributed by atoms with E-state index in [0.717, 1.165) is 10.9 Å². The monoisotopic (exact) mass is 488 g/mol. The van der Waals surface area contributed by atoms with Crippen molar-refractivity contribution in [3.8, 4) is 0 Å². The lowest BCUT2D eigenvalue weighted by Gasteiger charge is -2.21. The van der Waals surface area contributed by atoms with Gasteiger partial charge in [-0.1, -0.05) is 0 Å². The molecule has 19 nitrogen and oxygen atoms in total. The van der Waals surface area contributed by atoms with Crippen LogP contribution in [0.3, 0.4) is 0 Å². The highest BCUT2D eigenvalue weighted by Crippen LogP contribution is 2.58. The minimum Gasteiger partial charge on any atom is -0.387 e. The summed E-state index contributed by atoms with van der Waals surface area (Å²) in [5.74, 6) is -0.342. The molecule has 2 aromatic heterocycles. The zero-order chi connectivity index (χ0) is 23.3. The van der Waals surface area contributed by atoms with Gasteiger partial charge in [-0.2, -0.15) is 9.29 Å². The number of nitrogens with two attached hydrogens (primary N) is 1. The standard InChI is InChI=1S/C10H14N6O13P2/c11-10-13-6-2(7(19)14-10)12-1-15(6)8-4(18)3(17)5(27-8)9(16(20)21)28-31(25,26)29-30(22,23)24/h1,3-5,8-9,17-18H,(H,25,26)(H2,22,23,24)(H3,11,13,14,19)/t3-,4+,5-,8+,9?/m0/s1. The third-order valence-electron chi connectivity index (χ3n) is 3.94. The van der Waals surface area contributed by atoms with Crippen LogP contribution in [-0.4, -0.2) is 73.9 Å². The molecule has 3 heterocycles. The maximum Gasteiger partial charge on any atom is 0.486 e. The van der Waals surface area contributed by atoms with E-state index in [-0.39, 0.29) is 17.1 Å². The Kier molecular flexibility index (Phi) is 6.02. The molecule has 1 saturated heterocycles. The lowest BCUT2D eigenvalue weighted by atomic mass is 10.1. The van der Waals surface area contributed by atoms with Gasteiger partial charge >= 0.3 is 21.9 Å². The summed E-state index contributed by atoms with van der Waals surface area (Å²) < 4.78 is 36.2. The highest BCUT2D eigenvalue weighted by atomic mass is 31.3. The molecule has 31 heavy (non-hydrogen) atoms. The zero-order valence-corrected chi connectivity index (χ0v) is 16.5. The number of anilines is 1. The summed E-state index contributed by atoms with van der Waals surface area (Å²) in [6, 6.07) is 0. The van der Waals surface area contributed by atoms with E-state index < -0.39 is 56.9 Å². The topological polar surface area (TPSA) is 296 Å². The molecule has 2 aromatic rings. The van der Waals surface area contributed by atoms with Crippen LogP contribution in [-0.2, 0) is 22.7 Å². The fraction of sp³-hybridized carbons (Fsp3) is 0.500. The van der Waals surface area contributed by atoms with Gasteiger partial charge < -0.3 is 35.4 Å². The third-order valence-corrected chi connectivity index (χ3v) is 6.10. The van der Waals surface area contributed by atoms with Crippen molar-refractivity contribution >= 4 is 32.8 Å². The summed E-state index contributed by atoms with van der Waals surface area (Å²) in [5.41, 5.74) is 4.21. The van der Waals surface area contributed by atoms with Crippen LogP contribution in [0, 0.1) is 10.1 Å². The molecule has 3 rings (SSSR count). The molecule has 0 aliphatic carbocycles. The first kappa shape index (κ1) is 23.4. The third kappa shape index (κ3) is 4.80. The van der Waals surface area contributed by atoms with Crippen molar-refractivity contribution in [1.29, 1.82) is 0 Å². The van der Waals surface area contributed by atoms with Crippen LogP contribution in [0.2, 0.25) is 0 Å². The van der Waals surface area contributed by atoms with Crippen LogP contribution in [0.25, 0.3) is 11.2 Å².